The Labute approximate surface area is 161 Å². The summed E-state index contributed by atoms with van der Waals surface area (Å²) in [6.07, 6.45) is 3.02. The quantitative estimate of drug-likeness (QED) is 0.604. The second kappa shape index (κ2) is 11.1. The van der Waals surface area contributed by atoms with Crippen molar-refractivity contribution < 1.29 is 19.0 Å². The third-order valence-electron chi connectivity index (χ3n) is 4.15. The second-order valence-electron chi connectivity index (χ2n) is 6.25. The van der Waals surface area contributed by atoms with Crippen molar-refractivity contribution in [2.45, 2.75) is 39.7 Å². The highest BCUT2D eigenvalue weighted by molar-refractivity contribution is 5.77. The first-order valence-corrected chi connectivity index (χ1v) is 9.44. The Morgan fingerprint density at radius 3 is 2.59 bits per heavy atom. The maximum Gasteiger partial charge on any atom is 0.258 e. The predicted octanol–water partition coefficient (Wildman–Crippen LogP) is 4.13. The average molecular weight is 371 g/mol. The molecule has 5 nitrogen and oxygen atoms in total. The van der Waals surface area contributed by atoms with E-state index in [1.54, 1.807) is 7.11 Å². The largest absolute Gasteiger partial charge is 0.493 e. The third-order valence-corrected chi connectivity index (χ3v) is 4.15. The number of hydrogen-bond acceptors (Lipinski definition) is 4. The summed E-state index contributed by atoms with van der Waals surface area (Å²) in [4.78, 5) is 12.0. The Morgan fingerprint density at radius 2 is 1.85 bits per heavy atom. The minimum absolute atomic E-state index is 0.0114. The molecule has 2 aromatic carbocycles. The lowest BCUT2D eigenvalue weighted by Crippen LogP contribution is -2.28. The summed E-state index contributed by atoms with van der Waals surface area (Å²) in [5, 5.41) is 2.86. The highest BCUT2D eigenvalue weighted by atomic mass is 16.5. The molecule has 0 aliphatic rings. The monoisotopic (exact) mass is 371 g/mol. The van der Waals surface area contributed by atoms with E-state index in [9.17, 15) is 4.79 Å². The molecule has 0 fully saturated rings. The molecule has 0 saturated carbocycles. The van der Waals surface area contributed by atoms with E-state index in [1.165, 1.54) is 5.56 Å². The van der Waals surface area contributed by atoms with Crippen molar-refractivity contribution in [3.05, 3.63) is 53.6 Å². The molecule has 0 heterocycles. The van der Waals surface area contributed by atoms with Crippen LogP contribution in [0.25, 0.3) is 0 Å². The van der Waals surface area contributed by atoms with Crippen molar-refractivity contribution in [3.63, 3.8) is 0 Å². The molecule has 0 atom stereocenters. The predicted molar refractivity (Wildman–Crippen MR) is 107 cm³/mol. The van der Waals surface area contributed by atoms with Crippen LogP contribution in [0, 0.1) is 0 Å². The van der Waals surface area contributed by atoms with Crippen molar-refractivity contribution in [3.8, 4) is 17.2 Å². The molecule has 0 saturated heterocycles. The molecule has 0 aliphatic carbocycles. The zero-order chi connectivity index (χ0) is 19.5. The van der Waals surface area contributed by atoms with Gasteiger partial charge in [0.15, 0.2) is 18.1 Å². The van der Waals surface area contributed by atoms with Crippen LogP contribution in [0.2, 0.25) is 0 Å². The number of amides is 1. The van der Waals surface area contributed by atoms with Crippen LogP contribution in [0.5, 0.6) is 17.2 Å². The van der Waals surface area contributed by atoms with Gasteiger partial charge in [0.05, 0.1) is 13.7 Å². The first-order valence-electron chi connectivity index (χ1n) is 9.44. The van der Waals surface area contributed by atoms with Gasteiger partial charge in [0, 0.05) is 6.54 Å². The number of hydrogen-bond donors (Lipinski definition) is 1. The van der Waals surface area contributed by atoms with E-state index < -0.39 is 0 Å². The maximum absolute atomic E-state index is 12.0. The van der Waals surface area contributed by atoms with Crippen LogP contribution in [0.15, 0.2) is 42.5 Å². The molecule has 5 heteroatoms. The molecule has 0 aliphatic heterocycles. The first-order chi connectivity index (χ1) is 13.2. The van der Waals surface area contributed by atoms with E-state index in [0.29, 0.717) is 24.7 Å². The molecular weight excluding hydrogens is 342 g/mol. The standard InChI is InChI=1S/C22H29NO4/c1-4-6-12-26-20-11-10-18(14-21(20)25-3)15-23-22(24)16-27-19-9-7-8-17(5-2)13-19/h7-11,13-14H,4-6,12,15-16H2,1-3H3,(H,23,24). The van der Waals surface area contributed by atoms with Gasteiger partial charge >= 0.3 is 0 Å². The van der Waals surface area contributed by atoms with Gasteiger partial charge < -0.3 is 19.5 Å². The molecule has 27 heavy (non-hydrogen) atoms. The van der Waals surface area contributed by atoms with Gasteiger partial charge in [-0.2, -0.15) is 0 Å². The Bertz CT molecular complexity index is 730. The topological polar surface area (TPSA) is 56.8 Å². The zero-order valence-corrected chi connectivity index (χ0v) is 16.4. The number of aryl methyl sites for hydroxylation is 1. The Balaban J connectivity index is 1.83. The number of carbonyl (C=O) groups is 1. The summed E-state index contributed by atoms with van der Waals surface area (Å²) in [6, 6.07) is 13.5. The van der Waals surface area contributed by atoms with Gasteiger partial charge in [0.1, 0.15) is 5.75 Å². The lowest BCUT2D eigenvalue weighted by atomic mass is 10.2. The highest BCUT2D eigenvalue weighted by Crippen LogP contribution is 2.28. The van der Waals surface area contributed by atoms with Crippen molar-refractivity contribution in [1.82, 2.24) is 5.32 Å². The molecular formula is C22H29NO4. The van der Waals surface area contributed by atoms with Gasteiger partial charge in [0.25, 0.3) is 5.91 Å². The SMILES string of the molecule is CCCCOc1ccc(CNC(=O)COc2cccc(CC)c2)cc1OC. The van der Waals surface area contributed by atoms with Crippen molar-refractivity contribution in [1.29, 1.82) is 0 Å². The fourth-order valence-electron chi connectivity index (χ4n) is 2.52. The van der Waals surface area contributed by atoms with E-state index in [4.69, 9.17) is 14.2 Å². The number of nitrogens with one attached hydrogen (secondary N) is 1. The van der Waals surface area contributed by atoms with Gasteiger partial charge in [-0.1, -0.05) is 38.5 Å². The molecule has 0 unspecified atom stereocenters. The van der Waals surface area contributed by atoms with Crippen molar-refractivity contribution in [2.24, 2.45) is 0 Å². The molecule has 2 rings (SSSR count). The van der Waals surface area contributed by atoms with Gasteiger partial charge in [-0.15, -0.1) is 0 Å². The molecule has 0 spiro atoms. The van der Waals surface area contributed by atoms with E-state index >= 15 is 0 Å². The highest BCUT2D eigenvalue weighted by Gasteiger charge is 2.08. The van der Waals surface area contributed by atoms with Gasteiger partial charge in [-0.25, -0.2) is 0 Å². The van der Waals surface area contributed by atoms with Crippen LogP contribution in [-0.2, 0) is 17.8 Å². The number of unbranched alkanes of at least 4 members (excludes halogenated alkanes) is 1. The second-order valence-corrected chi connectivity index (χ2v) is 6.25. The third kappa shape index (κ3) is 6.85. The summed E-state index contributed by atoms with van der Waals surface area (Å²) >= 11 is 0. The van der Waals surface area contributed by atoms with E-state index in [-0.39, 0.29) is 12.5 Å². The van der Waals surface area contributed by atoms with Crippen LogP contribution in [0.1, 0.15) is 37.8 Å². The first kappa shape index (κ1) is 20.6. The smallest absolute Gasteiger partial charge is 0.258 e. The molecule has 146 valence electrons. The number of benzene rings is 2. The minimum Gasteiger partial charge on any atom is -0.493 e. The molecule has 0 aromatic heterocycles. The summed E-state index contributed by atoms with van der Waals surface area (Å²) in [5.41, 5.74) is 2.12. The Kier molecular flexibility index (Phi) is 8.49. The van der Waals surface area contributed by atoms with Gasteiger partial charge in [-0.05, 0) is 48.2 Å². The lowest BCUT2D eigenvalue weighted by molar-refractivity contribution is -0.123. The number of methoxy groups -OCH3 is 1. The van der Waals surface area contributed by atoms with Crippen LogP contribution >= 0.6 is 0 Å². The average Bonchev–Trinajstić information content (AvgIpc) is 2.71. The summed E-state index contributed by atoms with van der Waals surface area (Å²) in [6.45, 7) is 5.27. The summed E-state index contributed by atoms with van der Waals surface area (Å²) in [7, 11) is 1.61. The number of carbonyl (C=O) groups excluding carboxylic acids is 1. The van der Waals surface area contributed by atoms with Crippen molar-refractivity contribution >= 4 is 5.91 Å². The maximum atomic E-state index is 12.0. The molecule has 2 aromatic rings. The Hall–Kier alpha value is -2.69. The fourth-order valence-corrected chi connectivity index (χ4v) is 2.52. The van der Waals surface area contributed by atoms with Crippen LogP contribution in [0.4, 0.5) is 0 Å². The zero-order valence-electron chi connectivity index (χ0n) is 16.4. The van der Waals surface area contributed by atoms with E-state index in [2.05, 4.69) is 19.2 Å². The molecule has 1 N–H and O–H groups in total. The van der Waals surface area contributed by atoms with E-state index in [1.807, 2.05) is 42.5 Å². The van der Waals surface area contributed by atoms with Crippen LogP contribution in [-0.4, -0.2) is 26.2 Å². The summed E-state index contributed by atoms with van der Waals surface area (Å²) in [5.74, 6) is 1.93. The molecule has 0 radical (unpaired) electrons. The van der Waals surface area contributed by atoms with E-state index in [0.717, 1.165) is 30.6 Å². The molecule has 0 bridgehead atoms. The lowest BCUT2D eigenvalue weighted by Gasteiger charge is -2.13. The normalized spacial score (nSPS) is 10.3. The van der Waals surface area contributed by atoms with Crippen LogP contribution in [0.3, 0.4) is 0 Å². The van der Waals surface area contributed by atoms with Crippen LogP contribution < -0.4 is 19.5 Å². The molecule has 1 amide bonds. The summed E-state index contributed by atoms with van der Waals surface area (Å²) < 4.78 is 16.7. The fraction of sp³-hybridized carbons (Fsp3) is 0.409. The number of ether oxygens (including phenoxy) is 3. The number of rotatable bonds is 11. The van der Waals surface area contributed by atoms with Gasteiger partial charge in [0.2, 0.25) is 0 Å². The van der Waals surface area contributed by atoms with Crippen molar-refractivity contribution in [2.75, 3.05) is 20.3 Å². The minimum atomic E-state index is -0.167. The Morgan fingerprint density at radius 1 is 1.00 bits per heavy atom. The van der Waals surface area contributed by atoms with Gasteiger partial charge in [-0.3, -0.25) is 4.79 Å².